The minimum atomic E-state index is -0.499. The van der Waals surface area contributed by atoms with Gasteiger partial charge in [-0.1, -0.05) is 22.5 Å². The van der Waals surface area contributed by atoms with E-state index in [1.165, 1.54) is 18.2 Å². The van der Waals surface area contributed by atoms with Gasteiger partial charge in [-0.3, -0.25) is 14.9 Å². The average Bonchev–Trinajstić information content (AvgIpc) is 2.36. The lowest BCUT2D eigenvalue weighted by atomic mass is 10.1. The number of hydrogen-bond donors (Lipinski definition) is 2. The van der Waals surface area contributed by atoms with Crippen LogP contribution in [0.5, 0.6) is 0 Å². The van der Waals surface area contributed by atoms with Crippen molar-refractivity contribution in [3.8, 4) is 0 Å². The molecule has 0 spiro atoms. The second kappa shape index (κ2) is 6.89. The van der Waals surface area contributed by atoms with E-state index in [4.69, 9.17) is 0 Å². The van der Waals surface area contributed by atoms with Gasteiger partial charge in [0.15, 0.2) is 0 Å². The van der Waals surface area contributed by atoms with E-state index in [1.807, 2.05) is 0 Å². The van der Waals surface area contributed by atoms with Crippen LogP contribution < -0.4 is 10.6 Å². The van der Waals surface area contributed by atoms with Crippen molar-refractivity contribution in [2.24, 2.45) is 0 Å². The molecule has 0 aliphatic rings. The fourth-order valence-electron chi connectivity index (χ4n) is 1.43. The van der Waals surface area contributed by atoms with E-state index in [0.717, 1.165) is 0 Å². The van der Waals surface area contributed by atoms with Gasteiger partial charge in [0.05, 0.1) is 4.92 Å². The van der Waals surface area contributed by atoms with E-state index in [9.17, 15) is 14.9 Å². The van der Waals surface area contributed by atoms with Crippen LogP contribution in [0.25, 0.3) is 0 Å². The fourth-order valence-corrected chi connectivity index (χ4v) is 1.57. The van der Waals surface area contributed by atoms with Crippen LogP contribution in [-0.2, 0) is 0 Å². The maximum atomic E-state index is 11.7. The minimum Gasteiger partial charge on any atom is -0.375 e. The number of rotatable bonds is 6. The summed E-state index contributed by atoms with van der Waals surface area (Å²) in [7, 11) is 0. The zero-order chi connectivity index (χ0) is 14.4. The molecule has 2 N–H and O–H groups in total. The molecule has 0 bridgehead atoms. The van der Waals surface area contributed by atoms with Gasteiger partial charge < -0.3 is 10.6 Å². The third-order valence-corrected chi connectivity index (χ3v) is 2.54. The Bertz CT molecular complexity index is 517. The van der Waals surface area contributed by atoms with Crippen molar-refractivity contribution in [1.29, 1.82) is 0 Å². The second-order valence-corrected chi connectivity index (χ2v) is 4.84. The van der Waals surface area contributed by atoms with Gasteiger partial charge >= 0.3 is 0 Å². The molecule has 0 atom stereocenters. The Morgan fingerprint density at radius 2 is 2.21 bits per heavy atom. The monoisotopic (exact) mass is 327 g/mol. The quantitative estimate of drug-likeness (QED) is 0.621. The molecule has 0 radical (unpaired) electrons. The highest BCUT2D eigenvalue weighted by Crippen LogP contribution is 2.26. The standard InChI is InChI=1S/C12H14BrN3O3/c1-3-14-12(17)9-4-5-11(16(18)19)10(6-9)15-7-8(2)13/h4-6,15H,2-3,7H2,1H3,(H,14,17). The van der Waals surface area contributed by atoms with Crippen LogP contribution >= 0.6 is 15.9 Å². The Hall–Kier alpha value is -1.89. The first kappa shape index (κ1) is 15.2. The molecular formula is C12H14BrN3O3. The number of nitrogens with zero attached hydrogens (tertiary/aromatic N) is 1. The number of anilines is 1. The largest absolute Gasteiger partial charge is 0.375 e. The smallest absolute Gasteiger partial charge is 0.292 e. The highest BCUT2D eigenvalue weighted by atomic mass is 79.9. The van der Waals surface area contributed by atoms with Gasteiger partial charge in [0, 0.05) is 29.2 Å². The Morgan fingerprint density at radius 3 is 2.74 bits per heavy atom. The van der Waals surface area contributed by atoms with Gasteiger partial charge in [0.25, 0.3) is 11.6 Å². The molecule has 0 aliphatic carbocycles. The van der Waals surface area contributed by atoms with Gasteiger partial charge in [-0.2, -0.15) is 0 Å². The lowest BCUT2D eigenvalue weighted by Crippen LogP contribution is -2.22. The van der Waals surface area contributed by atoms with Crippen LogP contribution in [0.4, 0.5) is 11.4 Å². The Balaban J connectivity index is 3.06. The van der Waals surface area contributed by atoms with E-state index in [0.29, 0.717) is 23.1 Å². The molecule has 0 unspecified atom stereocenters. The van der Waals surface area contributed by atoms with E-state index >= 15 is 0 Å². The van der Waals surface area contributed by atoms with Gasteiger partial charge in [-0.15, -0.1) is 0 Å². The van der Waals surface area contributed by atoms with E-state index in [1.54, 1.807) is 6.92 Å². The number of nitrogens with one attached hydrogen (secondary N) is 2. The van der Waals surface area contributed by atoms with Gasteiger partial charge in [0.1, 0.15) is 5.69 Å². The molecule has 1 rings (SSSR count). The summed E-state index contributed by atoms with van der Waals surface area (Å²) in [5.41, 5.74) is 0.575. The average molecular weight is 328 g/mol. The van der Waals surface area contributed by atoms with E-state index in [-0.39, 0.29) is 17.3 Å². The van der Waals surface area contributed by atoms with Gasteiger partial charge in [-0.25, -0.2) is 0 Å². The summed E-state index contributed by atoms with van der Waals surface area (Å²) >= 11 is 3.16. The zero-order valence-corrected chi connectivity index (χ0v) is 12.0. The number of carbonyl (C=O) groups excluding carboxylic acids is 1. The van der Waals surface area contributed by atoms with Crippen LogP contribution in [0, 0.1) is 10.1 Å². The predicted molar refractivity (Wildman–Crippen MR) is 77.7 cm³/mol. The van der Waals surface area contributed by atoms with E-state index < -0.39 is 4.92 Å². The summed E-state index contributed by atoms with van der Waals surface area (Å²) in [4.78, 5) is 22.1. The van der Waals surface area contributed by atoms with Crippen molar-refractivity contribution in [2.45, 2.75) is 6.92 Å². The molecule has 0 aromatic heterocycles. The molecule has 0 saturated carbocycles. The molecule has 1 aromatic rings. The Labute approximate surface area is 119 Å². The summed E-state index contributed by atoms with van der Waals surface area (Å²) in [5, 5.41) is 16.4. The summed E-state index contributed by atoms with van der Waals surface area (Å²) < 4.78 is 0.658. The van der Waals surface area contributed by atoms with Crippen molar-refractivity contribution in [3.63, 3.8) is 0 Å². The number of halogens is 1. The first-order valence-corrected chi connectivity index (χ1v) is 6.38. The lowest BCUT2D eigenvalue weighted by Gasteiger charge is -2.08. The van der Waals surface area contributed by atoms with Gasteiger partial charge in [-0.05, 0) is 19.1 Å². The summed E-state index contributed by atoms with van der Waals surface area (Å²) in [6.45, 7) is 6.27. The summed E-state index contributed by atoms with van der Waals surface area (Å²) in [6, 6.07) is 4.19. The maximum absolute atomic E-state index is 11.7. The SMILES string of the molecule is C=C(Br)CNc1cc(C(=O)NCC)ccc1[N+](=O)[O-]. The van der Waals surface area contributed by atoms with Crippen molar-refractivity contribution in [1.82, 2.24) is 5.32 Å². The van der Waals surface area contributed by atoms with Crippen molar-refractivity contribution in [2.75, 3.05) is 18.4 Å². The predicted octanol–water partition coefficient (Wildman–Crippen LogP) is 2.67. The van der Waals surface area contributed by atoms with Crippen molar-refractivity contribution < 1.29 is 9.72 Å². The number of carbonyl (C=O) groups is 1. The first-order chi connectivity index (χ1) is 8.95. The van der Waals surface area contributed by atoms with Crippen molar-refractivity contribution in [3.05, 3.63) is 44.9 Å². The maximum Gasteiger partial charge on any atom is 0.292 e. The number of benzene rings is 1. The van der Waals surface area contributed by atoms with Crippen LogP contribution in [0.3, 0.4) is 0 Å². The molecule has 0 saturated heterocycles. The van der Waals surface area contributed by atoms with Crippen LogP contribution in [0.1, 0.15) is 17.3 Å². The molecule has 0 aliphatic heterocycles. The number of nitro benzene ring substituents is 1. The normalized spacial score (nSPS) is 9.79. The fraction of sp³-hybridized carbons (Fsp3) is 0.250. The van der Waals surface area contributed by atoms with Crippen LogP contribution in [0.15, 0.2) is 29.3 Å². The molecular weight excluding hydrogens is 314 g/mol. The third kappa shape index (κ3) is 4.36. The lowest BCUT2D eigenvalue weighted by molar-refractivity contribution is -0.384. The Morgan fingerprint density at radius 1 is 1.53 bits per heavy atom. The number of nitro groups is 1. The molecule has 0 heterocycles. The minimum absolute atomic E-state index is 0.0817. The summed E-state index contributed by atoms with van der Waals surface area (Å²) in [5.74, 6) is -0.266. The summed E-state index contributed by atoms with van der Waals surface area (Å²) in [6.07, 6.45) is 0. The van der Waals surface area contributed by atoms with Gasteiger partial charge in [0.2, 0.25) is 0 Å². The Kier molecular flexibility index (Phi) is 5.50. The number of amides is 1. The molecule has 102 valence electrons. The third-order valence-electron chi connectivity index (χ3n) is 2.26. The van der Waals surface area contributed by atoms with Crippen LogP contribution in [0.2, 0.25) is 0 Å². The second-order valence-electron chi connectivity index (χ2n) is 3.72. The highest BCUT2D eigenvalue weighted by Gasteiger charge is 2.16. The molecule has 0 fully saturated rings. The molecule has 1 aromatic carbocycles. The van der Waals surface area contributed by atoms with E-state index in [2.05, 4.69) is 33.1 Å². The first-order valence-electron chi connectivity index (χ1n) is 5.59. The highest BCUT2D eigenvalue weighted by molar-refractivity contribution is 9.11. The molecule has 1 amide bonds. The van der Waals surface area contributed by atoms with Crippen molar-refractivity contribution >= 4 is 33.2 Å². The van der Waals surface area contributed by atoms with Crippen LogP contribution in [-0.4, -0.2) is 23.9 Å². The number of hydrogen-bond acceptors (Lipinski definition) is 4. The topological polar surface area (TPSA) is 84.3 Å². The molecule has 6 nitrogen and oxygen atoms in total. The molecule has 19 heavy (non-hydrogen) atoms. The molecule has 7 heteroatoms. The zero-order valence-electron chi connectivity index (χ0n) is 10.4.